The van der Waals surface area contributed by atoms with E-state index in [0.717, 1.165) is 26.6 Å². The molecule has 2 N–H and O–H groups in total. The van der Waals surface area contributed by atoms with Crippen molar-refractivity contribution < 1.29 is 4.79 Å². The summed E-state index contributed by atoms with van der Waals surface area (Å²) in [5, 5.41) is 7.93. The number of carbonyl (C=O) groups excluding carboxylic acids is 1. The fourth-order valence-corrected chi connectivity index (χ4v) is 3.58. The Morgan fingerprint density at radius 3 is 2.67 bits per heavy atom. The number of fused-ring (bicyclic) bond motifs is 1. The average Bonchev–Trinajstić information content (AvgIpc) is 3.24. The van der Waals surface area contributed by atoms with Gasteiger partial charge in [0.05, 0.1) is 22.2 Å². The van der Waals surface area contributed by atoms with Crippen molar-refractivity contribution in [3.63, 3.8) is 0 Å². The van der Waals surface area contributed by atoms with E-state index in [0.29, 0.717) is 12.5 Å². The number of nitrogens with zero attached hydrogens (tertiary/aromatic N) is 3. The smallest absolute Gasteiger partial charge is 0.245 e. The first-order valence-electron chi connectivity index (χ1n) is 8.64. The van der Waals surface area contributed by atoms with Crippen molar-refractivity contribution in [1.29, 1.82) is 0 Å². The van der Waals surface area contributed by atoms with Gasteiger partial charge >= 0.3 is 0 Å². The lowest BCUT2D eigenvalue weighted by Crippen LogP contribution is -2.19. The van der Waals surface area contributed by atoms with Crippen LogP contribution in [0.25, 0.3) is 11.0 Å². The van der Waals surface area contributed by atoms with Crippen LogP contribution in [0.3, 0.4) is 0 Å². The highest BCUT2D eigenvalue weighted by atomic mass is 32.1. The molecule has 2 heterocycles. The first-order valence-corrected chi connectivity index (χ1v) is 9.46. The second-order valence-electron chi connectivity index (χ2n) is 6.14. The fraction of sp³-hybridized carbons (Fsp3) is 0.150. The van der Waals surface area contributed by atoms with Gasteiger partial charge < -0.3 is 15.2 Å². The van der Waals surface area contributed by atoms with Crippen molar-refractivity contribution in [3.8, 4) is 0 Å². The van der Waals surface area contributed by atoms with Gasteiger partial charge in [0.2, 0.25) is 11.9 Å². The summed E-state index contributed by atoms with van der Waals surface area (Å²) in [6.45, 7) is 2.73. The van der Waals surface area contributed by atoms with E-state index in [1.54, 1.807) is 6.20 Å². The summed E-state index contributed by atoms with van der Waals surface area (Å²) in [4.78, 5) is 21.4. The predicted octanol–water partition coefficient (Wildman–Crippen LogP) is 4.05. The van der Waals surface area contributed by atoms with E-state index in [2.05, 4.69) is 32.7 Å². The second kappa shape index (κ2) is 7.59. The number of rotatable bonds is 6. The molecule has 0 radical (unpaired) electrons. The van der Waals surface area contributed by atoms with Gasteiger partial charge in [0, 0.05) is 6.54 Å². The summed E-state index contributed by atoms with van der Waals surface area (Å²) in [7, 11) is 0. The Labute approximate surface area is 160 Å². The van der Waals surface area contributed by atoms with Gasteiger partial charge in [0.1, 0.15) is 11.5 Å². The zero-order chi connectivity index (χ0) is 18.6. The lowest BCUT2D eigenvalue weighted by Gasteiger charge is -2.11. The number of anilines is 2. The van der Waals surface area contributed by atoms with Gasteiger partial charge in [0.15, 0.2) is 0 Å². The lowest BCUT2D eigenvalue weighted by molar-refractivity contribution is -0.116. The van der Waals surface area contributed by atoms with Gasteiger partial charge in [-0.15, -0.1) is 11.3 Å². The minimum absolute atomic E-state index is 0.107. The minimum atomic E-state index is -0.107. The summed E-state index contributed by atoms with van der Waals surface area (Å²) in [6, 6.07) is 17.9. The van der Waals surface area contributed by atoms with Crippen molar-refractivity contribution in [2.45, 2.75) is 20.0 Å². The van der Waals surface area contributed by atoms with Crippen molar-refractivity contribution in [2.24, 2.45) is 0 Å². The number of nitrogens with one attached hydrogen (secondary N) is 2. The number of amides is 1. The first-order chi connectivity index (χ1) is 13.2. The summed E-state index contributed by atoms with van der Waals surface area (Å²) >= 11 is 1.46. The molecule has 0 aliphatic carbocycles. The number of hydrogen-bond donors (Lipinski definition) is 2. The molecule has 4 aromatic rings. The molecule has 136 valence electrons. The molecule has 27 heavy (non-hydrogen) atoms. The van der Waals surface area contributed by atoms with Crippen LogP contribution in [0.5, 0.6) is 0 Å². The van der Waals surface area contributed by atoms with E-state index in [4.69, 9.17) is 0 Å². The average molecular weight is 377 g/mol. The van der Waals surface area contributed by atoms with E-state index in [9.17, 15) is 4.79 Å². The van der Waals surface area contributed by atoms with Crippen LogP contribution in [0.2, 0.25) is 0 Å². The van der Waals surface area contributed by atoms with Crippen molar-refractivity contribution in [1.82, 2.24) is 14.5 Å². The minimum Gasteiger partial charge on any atom is -0.352 e. The fourth-order valence-electron chi connectivity index (χ4n) is 2.89. The van der Waals surface area contributed by atoms with Crippen LogP contribution in [-0.4, -0.2) is 20.4 Å². The van der Waals surface area contributed by atoms with Crippen LogP contribution in [0.1, 0.15) is 10.6 Å². The monoisotopic (exact) mass is 377 g/mol. The van der Waals surface area contributed by atoms with Crippen molar-refractivity contribution >= 4 is 39.2 Å². The molecular weight excluding hydrogens is 358 g/mol. The van der Waals surface area contributed by atoms with Gasteiger partial charge in [0.25, 0.3) is 0 Å². The van der Waals surface area contributed by atoms with Gasteiger partial charge in [-0.1, -0.05) is 42.5 Å². The molecule has 0 atom stereocenters. The molecule has 2 aromatic heterocycles. The summed E-state index contributed by atoms with van der Waals surface area (Å²) in [6.07, 6.45) is 1.68. The molecule has 1 amide bonds. The molecule has 6 nitrogen and oxygen atoms in total. The predicted molar refractivity (Wildman–Crippen MR) is 109 cm³/mol. The summed E-state index contributed by atoms with van der Waals surface area (Å²) < 4.78 is 1.90. The lowest BCUT2D eigenvalue weighted by atomic mass is 10.2. The number of para-hydroxylation sites is 2. The van der Waals surface area contributed by atoms with E-state index < -0.39 is 0 Å². The molecule has 2 aromatic carbocycles. The zero-order valence-electron chi connectivity index (χ0n) is 14.8. The number of benzene rings is 2. The Morgan fingerprint density at radius 2 is 1.89 bits per heavy atom. The molecule has 0 saturated heterocycles. The number of imidazole rings is 1. The Balaban J connectivity index is 1.56. The largest absolute Gasteiger partial charge is 0.352 e. The molecule has 4 rings (SSSR count). The second-order valence-corrected chi connectivity index (χ2v) is 7.38. The third-order valence-corrected chi connectivity index (χ3v) is 4.96. The summed E-state index contributed by atoms with van der Waals surface area (Å²) in [5.74, 6) is 0.570. The number of hydrogen-bond acceptors (Lipinski definition) is 5. The maximum atomic E-state index is 12.6. The van der Waals surface area contributed by atoms with E-state index >= 15 is 0 Å². The third kappa shape index (κ3) is 3.98. The molecule has 0 aliphatic rings. The maximum Gasteiger partial charge on any atom is 0.245 e. The van der Waals surface area contributed by atoms with E-state index in [-0.39, 0.29) is 12.5 Å². The number of carbonyl (C=O) groups is 1. The van der Waals surface area contributed by atoms with Gasteiger partial charge in [-0.2, -0.15) is 0 Å². The number of thiazole rings is 1. The number of aryl methyl sites for hydroxylation is 1. The van der Waals surface area contributed by atoms with Crippen LogP contribution in [0.15, 0.2) is 60.8 Å². The molecule has 0 saturated carbocycles. The first kappa shape index (κ1) is 17.2. The third-order valence-electron chi connectivity index (χ3n) is 4.13. The van der Waals surface area contributed by atoms with Crippen LogP contribution >= 0.6 is 11.3 Å². The number of aromatic nitrogens is 3. The standard InChI is InChI=1S/C20H19N5OS/c1-14-21-12-19(27-14)24-18(26)13-25-17-10-6-5-9-16(17)23-20(25)22-11-15-7-3-2-4-8-15/h2-10,12H,11,13H2,1H3,(H,22,23)(H,24,26). The molecule has 0 unspecified atom stereocenters. The Bertz CT molecular complexity index is 1070. The quantitative estimate of drug-likeness (QED) is 0.532. The highest BCUT2D eigenvalue weighted by molar-refractivity contribution is 7.15. The van der Waals surface area contributed by atoms with Crippen molar-refractivity contribution in [3.05, 3.63) is 71.4 Å². The Kier molecular flexibility index (Phi) is 4.84. The molecular formula is C20H19N5OS. The van der Waals surface area contributed by atoms with Crippen LogP contribution < -0.4 is 10.6 Å². The highest BCUT2D eigenvalue weighted by Crippen LogP contribution is 2.21. The van der Waals surface area contributed by atoms with Crippen molar-refractivity contribution in [2.75, 3.05) is 10.6 Å². The van der Waals surface area contributed by atoms with Crippen LogP contribution in [0, 0.1) is 6.92 Å². The van der Waals surface area contributed by atoms with Gasteiger partial charge in [-0.25, -0.2) is 9.97 Å². The SMILES string of the molecule is Cc1ncc(NC(=O)Cn2c(NCc3ccccc3)nc3ccccc32)s1. The molecule has 0 aliphatic heterocycles. The van der Waals surface area contributed by atoms with E-state index in [1.165, 1.54) is 11.3 Å². The summed E-state index contributed by atoms with van der Waals surface area (Å²) in [5.41, 5.74) is 2.93. The molecule has 0 spiro atoms. The molecule has 0 fully saturated rings. The normalized spacial score (nSPS) is 10.9. The molecule has 7 heteroatoms. The van der Waals surface area contributed by atoms with Crippen LogP contribution in [0.4, 0.5) is 10.9 Å². The Hall–Kier alpha value is -3.19. The van der Waals surface area contributed by atoms with E-state index in [1.807, 2.05) is 54.0 Å². The zero-order valence-corrected chi connectivity index (χ0v) is 15.7. The maximum absolute atomic E-state index is 12.6. The molecule has 0 bridgehead atoms. The van der Waals surface area contributed by atoms with Gasteiger partial charge in [-0.05, 0) is 24.6 Å². The van der Waals surface area contributed by atoms with Crippen LogP contribution in [-0.2, 0) is 17.9 Å². The highest BCUT2D eigenvalue weighted by Gasteiger charge is 2.14. The topological polar surface area (TPSA) is 71.8 Å². The Morgan fingerprint density at radius 1 is 1.11 bits per heavy atom. The van der Waals surface area contributed by atoms with Gasteiger partial charge in [-0.3, -0.25) is 4.79 Å².